The van der Waals surface area contributed by atoms with Crippen molar-refractivity contribution in [2.45, 2.75) is 19.4 Å². The topological polar surface area (TPSA) is 75.7 Å². The van der Waals surface area contributed by atoms with Crippen LogP contribution in [0.3, 0.4) is 0 Å². The molecule has 0 saturated carbocycles. The standard InChI is InChI=1S/C19H16Cl2N2O4/c20-13-3-6-15(21)16(9-13)27-11-17(24)22-14-4-1-12(2-5-14)10-23-18(25)7-8-19(23)26/h1-6,9H,7-8,10-11H2,(H,22,24). The summed E-state index contributed by atoms with van der Waals surface area (Å²) in [5, 5.41) is 3.52. The first kappa shape index (κ1) is 19.2. The fourth-order valence-corrected chi connectivity index (χ4v) is 2.94. The van der Waals surface area contributed by atoms with E-state index in [4.69, 9.17) is 27.9 Å². The molecule has 0 bridgehead atoms. The minimum absolute atomic E-state index is 0.158. The van der Waals surface area contributed by atoms with E-state index in [0.717, 1.165) is 5.56 Å². The number of rotatable bonds is 6. The maximum absolute atomic E-state index is 12.0. The normalized spacial score (nSPS) is 13.8. The van der Waals surface area contributed by atoms with Gasteiger partial charge in [-0.25, -0.2) is 0 Å². The van der Waals surface area contributed by atoms with Crippen LogP contribution >= 0.6 is 23.2 Å². The van der Waals surface area contributed by atoms with E-state index in [9.17, 15) is 14.4 Å². The number of likely N-dealkylation sites (tertiary alicyclic amines) is 1. The van der Waals surface area contributed by atoms with Crippen LogP contribution in [0.2, 0.25) is 10.0 Å². The Bertz CT molecular complexity index is 868. The van der Waals surface area contributed by atoms with E-state index in [2.05, 4.69) is 5.32 Å². The van der Waals surface area contributed by atoms with Gasteiger partial charge in [0.2, 0.25) is 11.8 Å². The van der Waals surface area contributed by atoms with Crippen LogP contribution < -0.4 is 10.1 Å². The Hall–Kier alpha value is -2.57. The summed E-state index contributed by atoms with van der Waals surface area (Å²) in [6.07, 6.45) is 0.535. The van der Waals surface area contributed by atoms with Gasteiger partial charge >= 0.3 is 0 Å². The van der Waals surface area contributed by atoms with Gasteiger partial charge in [0.15, 0.2) is 6.61 Å². The molecule has 0 aromatic heterocycles. The molecule has 2 aromatic carbocycles. The molecule has 1 fully saturated rings. The highest BCUT2D eigenvalue weighted by atomic mass is 35.5. The largest absolute Gasteiger partial charge is 0.482 e. The predicted molar refractivity (Wildman–Crippen MR) is 102 cm³/mol. The van der Waals surface area contributed by atoms with Crippen LogP contribution in [-0.2, 0) is 20.9 Å². The van der Waals surface area contributed by atoms with E-state index in [-0.39, 0.29) is 43.7 Å². The molecule has 2 aromatic rings. The SMILES string of the molecule is O=C(COc1cc(Cl)ccc1Cl)Nc1ccc(CN2C(=O)CCC2=O)cc1. The van der Waals surface area contributed by atoms with Crippen molar-refractivity contribution < 1.29 is 19.1 Å². The summed E-state index contributed by atoms with van der Waals surface area (Å²) >= 11 is 11.9. The highest BCUT2D eigenvalue weighted by molar-refractivity contribution is 6.34. The van der Waals surface area contributed by atoms with Gasteiger partial charge in [0.05, 0.1) is 11.6 Å². The molecule has 140 valence electrons. The molecule has 0 radical (unpaired) electrons. The van der Waals surface area contributed by atoms with E-state index < -0.39 is 0 Å². The van der Waals surface area contributed by atoms with Gasteiger partial charge in [0, 0.05) is 29.6 Å². The lowest BCUT2D eigenvalue weighted by Gasteiger charge is -2.14. The molecule has 27 heavy (non-hydrogen) atoms. The lowest BCUT2D eigenvalue weighted by atomic mass is 10.2. The summed E-state index contributed by atoms with van der Waals surface area (Å²) in [6.45, 7) is 0.0147. The molecule has 1 saturated heterocycles. The van der Waals surface area contributed by atoms with Crippen molar-refractivity contribution in [1.29, 1.82) is 0 Å². The molecule has 8 heteroatoms. The number of benzene rings is 2. The van der Waals surface area contributed by atoms with Gasteiger partial charge in [-0.3, -0.25) is 19.3 Å². The number of carbonyl (C=O) groups is 3. The number of nitrogens with zero attached hydrogens (tertiary/aromatic N) is 1. The summed E-state index contributed by atoms with van der Waals surface area (Å²) in [5.41, 5.74) is 1.38. The average molecular weight is 407 g/mol. The zero-order chi connectivity index (χ0) is 19.4. The molecule has 1 aliphatic rings. The van der Waals surface area contributed by atoms with Gasteiger partial charge in [0.1, 0.15) is 5.75 Å². The second-order valence-electron chi connectivity index (χ2n) is 5.98. The summed E-state index contributed by atoms with van der Waals surface area (Å²) in [5.74, 6) is -0.346. The Labute approximate surface area is 166 Å². The molecule has 0 spiro atoms. The number of amides is 3. The Balaban J connectivity index is 1.53. The van der Waals surface area contributed by atoms with E-state index in [1.54, 1.807) is 36.4 Å². The molecule has 1 N–H and O–H groups in total. The first-order chi connectivity index (χ1) is 12.9. The van der Waals surface area contributed by atoms with Crippen LogP contribution in [-0.4, -0.2) is 29.2 Å². The summed E-state index contributed by atoms with van der Waals surface area (Å²) in [6, 6.07) is 11.7. The number of halogens is 2. The van der Waals surface area contributed by atoms with Crippen molar-refractivity contribution in [2.75, 3.05) is 11.9 Å². The summed E-state index contributed by atoms with van der Waals surface area (Å²) < 4.78 is 5.38. The zero-order valence-electron chi connectivity index (χ0n) is 14.2. The van der Waals surface area contributed by atoms with Gasteiger partial charge in [-0.05, 0) is 29.8 Å². The van der Waals surface area contributed by atoms with Crippen LogP contribution in [0.5, 0.6) is 5.75 Å². The minimum atomic E-state index is -0.358. The smallest absolute Gasteiger partial charge is 0.262 e. The first-order valence-corrected chi connectivity index (χ1v) is 8.98. The van der Waals surface area contributed by atoms with Gasteiger partial charge in [-0.15, -0.1) is 0 Å². The van der Waals surface area contributed by atoms with Crippen LogP contribution in [0.25, 0.3) is 0 Å². The number of ether oxygens (including phenoxy) is 1. The van der Waals surface area contributed by atoms with E-state index in [0.29, 0.717) is 21.5 Å². The van der Waals surface area contributed by atoms with Crippen molar-refractivity contribution in [3.63, 3.8) is 0 Å². The third kappa shape index (κ3) is 4.99. The van der Waals surface area contributed by atoms with E-state index in [1.165, 1.54) is 11.0 Å². The number of imide groups is 1. The van der Waals surface area contributed by atoms with E-state index >= 15 is 0 Å². The van der Waals surface area contributed by atoms with Crippen LogP contribution in [0.1, 0.15) is 18.4 Å². The predicted octanol–water partition coefficient (Wildman–Crippen LogP) is 3.66. The number of hydrogen-bond donors (Lipinski definition) is 1. The molecule has 1 aliphatic heterocycles. The van der Waals surface area contributed by atoms with Gasteiger partial charge in [0.25, 0.3) is 5.91 Å². The molecular weight excluding hydrogens is 391 g/mol. The molecule has 1 heterocycles. The maximum Gasteiger partial charge on any atom is 0.262 e. The Morgan fingerprint density at radius 1 is 1.04 bits per heavy atom. The first-order valence-electron chi connectivity index (χ1n) is 8.22. The van der Waals surface area contributed by atoms with Gasteiger partial charge < -0.3 is 10.1 Å². The van der Waals surface area contributed by atoms with Crippen LogP contribution in [0.4, 0.5) is 5.69 Å². The maximum atomic E-state index is 12.0. The average Bonchev–Trinajstić information content (AvgIpc) is 2.96. The highest BCUT2D eigenvalue weighted by Crippen LogP contribution is 2.27. The van der Waals surface area contributed by atoms with Crippen molar-refractivity contribution in [3.05, 3.63) is 58.1 Å². The Kier molecular flexibility index (Phi) is 5.98. The summed E-state index contributed by atoms with van der Waals surface area (Å²) in [7, 11) is 0. The highest BCUT2D eigenvalue weighted by Gasteiger charge is 2.28. The lowest BCUT2D eigenvalue weighted by molar-refractivity contribution is -0.139. The minimum Gasteiger partial charge on any atom is -0.482 e. The third-order valence-electron chi connectivity index (χ3n) is 3.99. The quantitative estimate of drug-likeness (QED) is 0.742. The molecule has 0 aliphatic carbocycles. The summed E-state index contributed by atoms with van der Waals surface area (Å²) in [4.78, 5) is 36.6. The Morgan fingerprint density at radius 3 is 2.37 bits per heavy atom. The Morgan fingerprint density at radius 2 is 1.70 bits per heavy atom. The lowest BCUT2D eigenvalue weighted by Crippen LogP contribution is -2.28. The van der Waals surface area contributed by atoms with Crippen molar-refractivity contribution >= 4 is 46.6 Å². The van der Waals surface area contributed by atoms with Gasteiger partial charge in [-0.1, -0.05) is 35.3 Å². The second kappa shape index (κ2) is 8.41. The van der Waals surface area contributed by atoms with E-state index in [1.807, 2.05) is 0 Å². The van der Waals surface area contributed by atoms with Crippen molar-refractivity contribution in [1.82, 2.24) is 4.90 Å². The molecule has 3 amide bonds. The fourth-order valence-electron chi connectivity index (χ4n) is 2.60. The molecular formula is C19H16Cl2N2O4. The number of nitrogens with one attached hydrogen (secondary N) is 1. The second-order valence-corrected chi connectivity index (χ2v) is 6.83. The number of carbonyl (C=O) groups excluding carboxylic acids is 3. The monoisotopic (exact) mass is 406 g/mol. The fraction of sp³-hybridized carbons (Fsp3) is 0.211. The number of hydrogen-bond acceptors (Lipinski definition) is 4. The molecule has 6 nitrogen and oxygen atoms in total. The number of anilines is 1. The molecule has 3 rings (SSSR count). The van der Waals surface area contributed by atoms with Gasteiger partial charge in [-0.2, -0.15) is 0 Å². The molecule has 0 atom stereocenters. The van der Waals surface area contributed by atoms with Crippen molar-refractivity contribution in [2.24, 2.45) is 0 Å². The van der Waals surface area contributed by atoms with Crippen LogP contribution in [0.15, 0.2) is 42.5 Å². The van der Waals surface area contributed by atoms with Crippen molar-refractivity contribution in [3.8, 4) is 5.75 Å². The third-order valence-corrected chi connectivity index (χ3v) is 4.53. The molecule has 0 unspecified atom stereocenters. The zero-order valence-corrected chi connectivity index (χ0v) is 15.7. The van der Waals surface area contributed by atoms with Crippen LogP contribution in [0, 0.1) is 0 Å².